The molecule has 0 aliphatic carbocycles. The van der Waals surface area contributed by atoms with Crippen molar-refractivity contribution in [2.24, 2.45) is 11.8 Å². The predicted molar refractivity (Wildman–Crippen MR) is 355 cm³/mol. The third kappa shape index (κ3) is 29.6. The lowest BCUT2D eigenvalue weighted by Gasteiger charge is -2.43. The van der Waals surface area contributed by atoms with Gasteiger partial charge in [-0.2, -0.15) is 8.42 Å². The first-order valence-electron chi connectivity index (χ1n) is 35.7. The van der Waals surface area contributed by atoms with E-state index in [1.165, 1.54) is 25.3 Å². The SMILES string of the molecule is C=CCCC1OC1CC(=C)CCC1OC1CCCCC=CCCC=CCC(C)C=CCC(C)CCCCCCC(=O)CCCC(CC(O)CC(=O)CC1CCC(C2CC(O)C(OS(=O)(=O)O)C(CC(C)O)O2)O1)OC1OC(COC2OC(CO)C(O)C(O)C2O)C(O)C(O)C1O. The minimum absolute atomic E-state index is 0.0347. The summed E-state index contributed by atoms with van der Waals surface area (Å²) in [6.45, 7) is 12.7. The standard InChI is InChI=1S/C71H118O24S/c1-6-7-30-55-58(91-55)36-46(4)32-34-56-54(90-56)31-20-14-12-10-8-9-11-13-17-23-44(2)25-21-26-45(3)24-18-15-16-19-27-48(74)28-22-29-51(89-71-68(83)66(81)64(79)62(94-71)43-87-70-67(82)65(80)63(78)61(42-72)93-70)39-49(75)38-50(76)40-52-33-35-57(88-52)59-41-53(77)69(95-96(84,85)86)60(92-59)37-47(5)73/h6,8,10,13,17,21,25,44-45,47,49,51-73,75,77-83H,1,4,7,9,11-12,14-16,18-20,22-24,26-43H2,2-3,5H3,(H,84,85,86). The van der Waals surface area contributed by atoms with Crippen LogP contribution in [0.4, 0.5) is 0 Å². The van der Waals surface area contributed by atoms with E-state index in [0.717, 1.165) is 103 Å². The van der Waals surface area contributed by atoms with Gasteiger partial charge >= 0.3 is 10.4 Å². The van der Waals surface area contributed by atoms with Crippen LogP contribution in [0.2, 0.25) is 0 Å². The number of epoxide rings is 2. The quantitative estimate of drug-likeness (QED) is 0.0134. The molecule has 0 spiro atoms. The van der Waals surface area contributed by atoms with E-state index < -0.39 is 140 Å². The van der Waals surface area contributed by atoms with Crippen molar-refractivity contribution in [1.82, 2.24) is 0 Å². The number of aliphatic hydroxyl groups is 10. The Balaban J connectivity index is 0.855. The van der Waals surface area contributed by atoms with Gasteiger partial charge in [-0.15, -0.1) is 6.58 Å². The Bertz CT molecular complexity index is 2480. The number of hydrogen-bond donors (Lipinski definition) is 11. The summed E-state index contributed by atoms with van der Waals surface area (Å²) in [7, 11) is -4.97. The van der Waals surface area contributed by atoms with Gasteiger partial charge in [-0.25, -0.2) is 4.18 Å². The lowest BCUT2D eigenvalue weighted by molar-refractivity contribution is -0.336. The molecule has 6 aliphatic heterocycles. The van der Waals surface area contributed by atoms with Crippen LogP contribution >= 0.6 is 0 Å². The zero-order chi connectivity index (χ0) is 69.9. The average molecular weight is 1390 g/mol. The van der Waals surface area contributed by atoms with E-state index >= 15 is 0 Å². The van der Waals surface area contributed by atoms with Crippen molar-refractivity contribution >= 4 is 22.0 Å². The number of ether oxygens (including phenoxy) is 8. The summed E-state index contributed by atoms with van der Waals surface area (Å²) in [6.07, 6.45) is 11.1. The van der Waals surface area contributed by atoms with Gasteiger partial charge < -0.3 is 89.0 Å². The van der Waals surface area contributed by atoms with Gasteiger partial charge in [-0.1, -0.05) is 101 Å². The summed E-state index contributed by atoms with van der Waals surface area (Å²) >= 11 is 0. The minimum atomic E-state index is -4.97. The molecule has 0 bridgehead atoms. The molecule has 11 N–H and O–H groups in total. The Labute approximate surface area is 569 Å². The number of ketones is 2. The lowest BCUT2D eigenvalue weighted by atomic mass is 9.91. The van der Waals surface area contributed by atoms with Crippen LogP contribution < -0.4 is 0 Å². The molecular formula is C71H118O24S. The summed E-state index contributed by atoms with van der Waals surface area (Å²) in [6, 6.07) is 0. The highest BCUT2D eigenvalue weighted by Crippen LogP contribution is 2.38. The van der Waals surface area contributed by atoms with E-state index in [2.05, 4.69) is 63.5 Å². The Kier molecular flexibility index (Phi) is 36.4. The Morgan fingerprint density at radius 1 is 0.604 bits per heavy atom. The highest BCUT2D eigenvalue weighted by Gasteiger charge is 2.50. The van der Waals surface area contributed by atoms with Crippen LogP contribution in [-0.2, 0) is 62.1 Å². The van der Waals surface area contributed by atoms with Crippen LogP contribution in [0.3, 0.4) is 0 Å². The Morgan fingerprint density at radius 2 is 1.27 bits per heavy atom. The molecule has 0 radical (unpaired) electrons. The third-order valence-electron chi connectivity index (χ3n) is 19.3. The fourth-order valence-corrected chi connectivity index (χ4v) is 14.0. The van der Waals surface area contributed by atoms with Gasteiger partial charge in [0.25, 0.3) is 0 Å². The molecule has 0 aromatic rings. The number of hydrogen-bond acceptors (Lipinski definition) is 23. The van der Waals surface area contributed by atoms with Gasteiger partial charge in [0.05, 0.1) is 86.5 Å². The highest BCUT2D eigenvalue weighted by atomic mass is 32.3. The summed E-state index contributed by atoms with van der Waals surface area (Å²) in [5, 5.41) is 106. The summed E-state index contributed by atoms with van der Waals surface area (Å²) in [5.74, 6) is 0.669. The van der Waals surface area contributed by atoms with Crippen LogP contribution in [0.15, 0.2) is 61.3 Å². The molecule has 0 amide bonds. The number of carbonyl (C=O) groups is 2. The maximum atomic E-state index is 13.5. The van der Waals surface area contributed by atoms with Gasteiger partial charge in [0, 0.05) is 44.9 Å². The summed E-state index contributed by atoms with van der Waals surface area (Å²) < 4.78 is 84.0. The van der Waals surface area contributed by atoms with Crippen molar-refractivity contribution < 1.29 is 116 Å². The first-order valence-corrected chi connectivity index (χ1v) is 37.1. The maximum absolute atomic E-state index is 13.5. The van der Waals surface area contributed by atoms with E-state index in [1.54, 1.807) is 0 Å². The number of rotatable bonds is 49. The van der Waals surface area contributed by atoms with E-state index in [4.69, 9.17) is 42.1 Å². The number of aliphatic hydroxyl groups excluding tert-OH is 10. The van der Waals surface area contributed by atoms with E-state index in [-0.39, 0.29) is 56.5 Å². The topological polar surface area (TPSA) is 380 Å². The summed E-state index contributed by atoms with van der Waals surface area (Å²) in [4.78, 5) is 26.7. The first kappa shape index (κ1) is 82.1. The van der Waals surface area contributed by atoms with Crippen molar-refractivity contribution in [3.8, 4) is 0 Å². The van der Waals surface area contributed by atoms with E-state index in [9.17, 15) is 73.6 Å². The average Bonchev–Trinajstić information content (AvgIpc) is 1.18. The molecular weight excluding hydrogens is 1270 g/mol. The summed E-state index contributed by atoms with van der Waals surface area (Å²) in [5.41, 5.74) is 1.28. The van der Waals surface area contributed by atoms with Crippen LogP contribution in [0.5, 0.6) is 0 Å². The number of unbranched alkanes of at least 4 members (excludes halogenated alkanes) is 6. The molecule has 6 fully saturated rings. The van der Waals surface area contributed by atoms with E-state index in [0.29, 0.717) is 61.9 Å². The molecule has 6 heterocycles. The van der Waals surface area contributed by atoms with Crippen molar-refractivity contribution in [2.75, 3.05) is 13.2 Å². The number of allylic oxidation sites excluding steroid dienone is 7. The molecule has 0 saturated carbocycles. The molecule has 6 rings (SSSR count). The maximum Gasteiger partial charge on any atom is 0.397 e. The Morgan fingerprint density at radius 3 is 2.00 bits per heavy atom. The first-order chi connectivity index (χ1) is 45.8. The van der Waals surface area contributed by atoms with Crippen LogP contribution in [0.1, 0.15) is 207 Å². The van der Waals surface area contributed by atoms with Crippen molar-refractivity contribution in [3.63, 3.8) is 0 Å². The second-order valence-corrected chi connectivity index (χ2v) is 29.1. The zero-order valence-corrected chi connectivity index (χ0v) is 57.8. The van der Waals surface area contributed by atoms with Crippen molar-refractivity contribution in [3.05, 3.63) is 61.3 Å². The molecule has 6 saturated heterocycles. The monoisotopic (exact) mass is 1390 g/mol. The van der Waals surface area contributed by atoms with Crippen molar-refractivity contribution in [2.45, 2.75) is 348 Å². The zero-order valence-electron chi connectivity index (χ0n) is 56.9. The molecule has 552 valence electrons. The van der Waals surface area contributed by atoms with Gasteiger partial charge in [0.1, 0.15) is 66.5 Å². The smallest absolute Gasteiger partial charge is 0.394 e. The minimum Gasteiger partial charge on any atom is -0.394 e. The molecule has 0 aromatic heterocycles. The second-order valence-electron chi connectivity index (χ2n) is 28.1. The molecule has 6 aliphatic rings. The normalized spacial score (nSPS) is 34.1. The van der Waals surface area contributed by atoms with Gasteiger partial charge in [-0.05, 0) is 128 Å². The van der Waals surface area contributed by atoms with Crippen LogP contribution in [-0.4, -0.2) is 230 Å². The third-order valence-corrected chi connectivity index (χ3v) is 19.8. The fraction of sp³-hybridized carbons (Fsp3) is 0.831. The predicted octanol–water partition coefficient (Wildman–Crippen LogP) is 6.49. The largest absolute Gasteiger partial charge is 0.397 e. The lowest BCUT2D eigenvalue weighted by Crippen LogP contribution is -2.62. The van der Waals surface area contributed by atoms with Crippen molar-refractivity contribution in [1.29, 1.82) is 0 Å². The van der Waals surface area contributed by atoms with E-state index in [1.807, 2.05) is 6.08 Å². The fourth-order valence-electron chi connectivity index (χ4n) is 13.5. The highest BCUT2D eigenvalue weighted by molar-refractivity contribution is 7.80. The van der Waals surface area contributed by atoms with Gasteiger partial charge in [0.2, 0.25) is 0 Å². The van der Waals surface area contributed by atoms with Crippen LogP contribution in [0.25, 0.3) is 0 Å². The molecule has 24 nitrogen and oxygen atoms in total. The van der Waals surface area contributed by atoms with Crippen LogP contribution in [0, 0.1) is 11.8 Å². The van der Waals surface area contributed by atoms with Gasteiger partial charge in [0.15, 0.2) is 12.6 Å². The molecule has 25 atom stereocenters. The van der Waals surface area contributed by atoms with Gasteiger partial charge in [-0.3, -0.25) is 14.1 Å². The molecule has 25 unspecified atom stereocenters. The molecule has 96 heavy (non-hydrogen) atoms. The number of carbonyl (C=O) groups excluding carboxylic acids is 2. The number of Topliss-reactive ketones (excluding diaryl/α,β-unsaturated/α-hetero) is 2. The molecule has 0 aromatic carbocycles. The molecule has 25 heteroatoms. The second kappa shape index (κ2) is 42.6. The Hall–Kier alpha value is -2.81.